The topological polar surface area (TPSA) is 46.0 Å². The molecule has 2 rings (SSSR count). The summed E-state index contributed by atoms with van der Waals surface area (Å²) in [7, 11) is 0. The Morgan fingerprint density at radius 1 is 1.56 bits per heavy atom. The van der Waals surface area contributed by atoms with Gasteiger partial charge in [0.05, 0.1) is 6.54 Å². The van der Waals surface area contributed by atoms with Crippen molar-refractivity contribution < 1.29 is 0 Å². The molecule has 0 aliphatic carbocycles. The highest BCUT2D eigenvalue weighted by Gasteiger charge is 2.16. The van der Waals surface area contributed by atoms with Gasteiger partial charge in [-0.3, -0.25) is 4.90 Å². The van der Waals surface area contributed by atoms with Gasteiger partial charge in [0.1, 0.15) is 12.2 Å². The fraction of sp³-hybridized carbons (Fsp3) is 0.818. The maximum atomic E-state index is 4.33. The number of rotatable bonds is 3. The predicted octanol–water partition coefficient (Wildman–Crippen LogP) is 0.482. The third kappa shape index (κ3) is 2.80. The molecule has 1 aliphatic heterocycles. The molecule has 90 valence electrons. The highest BCUT2D eigenvalue weighted by molar-refractivity contribution is 4.86. The number of nitrogens with zero attached hydrogens (tertiary/aromatic N) is 4. The molecule has 1 fully saturated rings. The van der Waals surface area contributed by atoms with Crippen LogP contribution in [0.25, 0.3) is 0 Å². The molecule has 0 saturated carbocycles. The molecule has 16 heavy (non-hydrogen) atoms. The first-order valence-corrected chi connectivity index (χ1v) is 6.12. The average Bonchev–Trinajstić information content (AvgIpc) is 2.61. The van der Waals surface area contributed by atoms with Gasteiger partial charge in [0.15, 0.2) is 0 Å². The molecule has 1 aromatic heterocycles. The van der Waals surface area contributed by atoms with Crippen molar-refractivity contribution in [2.24, 2.45) is 0 Å². The van der Waals surface area contributed by atoms with Gasteiger partial charge in [0.25, 0.3) is 0 Å². The van der Waals surface area contributed by atoms with Gasteiger partial charge in [-0.2, -0.15) is 5.10 Å². The van der Waals surface area contributed by atoms with E-state index in [1.807, 2.05) is 4.68 Å². The number of aromatic nitrogens is 3. The summed E-state index contributed by atoms with van der Waals surface area (Å²) in [6.45, 7) is 9.52. The lowest BCUT2D eigenvalue weighted by molar-refractivity contribution is 0.253. The Balaban J connectivity index is 1.97. The maximum absolute atomic E-state index is 4.33. The largest absolute Gasteiger partial charge is 0.313 e. The molecule has 0 radical (unpaired) electrons. The molecule has 5 nitrogen and oxygen atoms in total. The van der Waals surface area contributed by atoms with Gasteiger partial charge in [0, 0.05) is 19.1 Å². The van der Waals surface area contributed by atoms with E-state index in [0.717, 1.165) is 38.5 Å². The minimum absolute atomic E-state index is 0.570. The fourth-order valence-corrected chi connectivity index (χ4v) is 2.21. The molecular formula is C11H21N5. The number of hydrogen-bond donors (Lipinski definition) is 1. The summed E-state index contributed by atoms with van der Waals surface area (Å²) in [4.78, 5) is 6.79. The van der Waals surface area contributed by atoms with Gasteiger partial charge in [-0.15, -0.1) is 0 Å². The molecule has 1 N–H and O–H groups in total. The molecule has 0 amide bonds. The van der Waals surface area contributed by atoms with Crippen LogP contribution >= 0.6 is 0 Å². The van der Waals surface area contributed by atoms with Crippen LogP contribution in [0.2, 0.25) is 0 Å². The third-order valence-corrected chi connectivity index (χ3v) is 3.04. The lowest BCUT2D eigenvalue weighted by atomic mass is 10.3. The Kier molecular flexibility index (Phi) is 3.90. The molecule has 5 heteroatoms. The summed E-state index contributed by atoms with van der Waals surface area (Å²) in [5.74, 6) is 1.08. The van der Waals surface area contributed by atoms with Crippen molar-refractivity contribution in [2.45, 2.75) is 39.4 Å². The SMILES string of the molecule is CCn1ncnc1CN1CCCNC(C)C1. The molecule has 2 heterocycles. The zero-order chi connectivity index (χ0) is 11.4. The summed E-state index contributed by atoms with van der Waals surface area (Å²) in [6, 6.07) is 0.570. The van der Waals surface area contributed by atoms with Crippen molar-refractivity contribution in [1.29, 1.82) is 0 Å². The summed E-state index contributed by atoms with van der Waals surface area (Å²) < 4.78 is 1.98. The van der Waals surface area contributed by atoms with Crippen molar-refractivity contribution in [3.05, 3.63) is 12.2 Å². The first-order chi connectivity index (χ1) is 7.79. The van der Waals surface area contributed by atoms with E-state index in [1.54, 1.807) is 6.33 Å². The van der Waals surface area contributed by atoms with Crippen LogP contribution in [-0.4, -0.2) is 45.3 Å². The molecule has 1 saturated heterocycles. The Labute approximate surface area is 96.8 Å². The smallest absolute Gasteiger partial charge is 0.140 e. The van der Waals surface area contributed by atoms with Crippen LogP contribution in [-0.2, 0) is 13.1 Å². The average molecular weight is 223 g/mol. The van der Waals surface area contributed by atoms with E-state index in [4.69, 9.17) is 0 Å². The van der Waals surface area contributed by atoms with Gasteiger partial charge in [-0.25, -0.2) is 9.67 Å². The van der Waals surface area contributed by atoms with E-state index in [-0.39, 0.29) is 0 Å². The standard InChI is InChI=1S/C11H21N5/c1-3-16-11(13-9-14-16)8-15-6-4-5-12-10(2)7-15/h9-10,12H,3-8H2,1-2H3. The van der Waals surface area contributed by atoms with E-state index in [9.17, 15) is 0 Å². The van der Waals surface area contributed by atoms with Crippen LogP contribution in [0.4, 0.5) is 0 Å². The lowest BCUT2D eigenvalue weighted by Crippen LogP contribution is -2.35. The summed E-state index contributed by atoms with van der Waals surface area (Å²) in [5, 5.41) is 7.70. The summed E-state index contributed by atoms with van der Waals surface area (Å²) in [6.07, 6.45) is 2.86. The van der Waals surface area contributed by atoms with Crippen molar-refractivity contribution in [1.82, 2.24) is 25.0 Å². The number of hydrogen-bond acceptors (Lipinski definition) is 4. The molecule has 1 aliphatic rings. The third-order valence-electron chi connectivity index (χ3n) is 3.04. The Bertz CT molecular complexity index is 322. The van der Waals surface area contributed by atoms with Gasteiger partial charge in [-0.1, -0.05) is 0 Å². The first-order valence-electron chi connectivity index (χ1n) is 6.12. The Hall–Kier alpha value is -0.940. The molecule has 1 atom stereocenters. The Morgan fingerprint density at radius 2 is 2.44 bits per heavy atom. The molecule has 1 unspecified atom stereocenters. The highest BCUT2D eigenvalue weighted by Crippen LogP contribution is 2.05. The fourth-order valence-electron chi connectivity index (χ4n) is 2.21. The minimum Gasteiger partial charge on any atom is -0.313 e. The van der Waals surface area contributed by atoms with Crippen LogP contribution in [0.5, 0.6) is 0 Å². The van der Waals surface area contributed by atoms with Crippen LogP contribution in [0.1, 0.15) is 26.1 Å². The van der Waals surface area contributed by atoms with E-state index < -0.39 is 0 Å². The number of nitrogens with one attached hydrogen (secondary N) is 1. The molecule has 1 aromatic rings. The molecule has 0 spiro atoms. The second-order valence-corrected chi connectivity index (χ2v) is 4.44. The molecule has 0 bridgehead atoms. The van der Waals surface area contributed by atoms with Gasteiger partial charge in [-0.05, 0) is 33.4 Å². The minimum atomic E-state index is 0.570. The van der Waals surface area contributed by atoms with Gasteiger partial charge >= 0.3 is 0 Å². The van der Waals surface area contributed by atoms with Gasteiger partial charge < -0.3 is 5.32 Å². The quantitative estimate of drug-likeness (QED) is 0.809. The van der Waals surface area contributed by atoms with E-state index in [1.165, 1.54) is 6.42 Å². The van der Waals surface area contributed by atoms with Crippen LogP contribution in [0, 0.1) is 0 Å². The van der Waals surface area contributed by atoms with E-state index in [0.29, 0.717) is 6.04 Å². The zero-order valence-electron chi connectivity index (χ0n) is 10.2. The van der Waals surface area contributed by atoms with Crippen molar-refractivity contribution in [3.63, 3.8) is 0 Å². The Morgan fingerprint density at radius 3 is 3.25 bits per heavy atom. The maximum Gasteiger partial charge on any atom is 0.140 e. The number of aryl methyl sites for hydroxylation is 1. The normalized spacial score (nSPS) is 23.2. The van der Waals surface area contributed by atoms with Crippen molar-refractivity contribution in [3.8, 4) is 0 Å². The van der Waals surface area contributed by atoms with Crippen molar-refractivity contribution in [2.75, 3.05) is 19.6 Å². The second-order valence-electron chi connectivity index (χ2n) is 4.44. The van der Waals surface area contributed by atoms with Crippen LogP contribution in [0.15, 0.2) is 6.33 Å². The van der Waals surface area contributed by atoms with E-state index in [2.05, 4.69) is 34.1 Å². The summed E-state index contributed by atoms with van der Waals surface area (Å²) >= 11 is 0. The zero-order valence-corrected chi connectivity index (χ0v) is 10.2. The lowest BCUT2D eigenvalue weighted by Gasteiger charge is -2.21. The highest BCUT2D eigenvalue weighted by atomic mass is 15.3. The van der Waals surface area contributed by atoms with Crippen LogP contribution in [0.3, 0.4) is 0 Å². The predicted molar refractivity (Wildman–Crippen MR) is 63.1 cm³/mol. The van der Waals surface area contributed by atoms with Crippen molar-refractivity contribution >= 4 is 0 Å². The molecule has 0 aromatic carbocycles. The first kappa shape index (κ1) is 11.5. The van der Waals surface area contributed by atoms with Crippen LogP contribution < -0.4 is 5.32 Å². The summed E-state index contributed by atoms with van der Waals surface area (Å²) in [5.41, 5.74) is 0. The molecular weight excluding hydrogens is 202 g/mol. The monoisotopic (exact) mass is 223 g/mol. The van der Waals surface area contributed by atoms with E-state index >= 15 is 0 Å². The van der Waals surface area contributed by atoms with Gasteiger partial charge in [0.2, 0.25) is 0 Å². The second kappa shape index (κ2) is 5.41.